The summed E-state index contributed by atoms with van der Waals surface area (Å²) in [6.45, 7) is 0. The summed E-state index contributed by atoms with van der Waals surface area (Å²) in [4.78, 5) is 5.78. The molecule has 0 aliphatic carbocycles. The van der Waals surface area contributed by atoms with Crippen LogP contribution in [0.4, 0.5) is 0 Å². The van der Waals surface area contributed by atoms with E-state index < -0.39 is 0 Å². The second kappa shape index (κ2) is 4.37. The molecule has 0 fully saturated rings. The summed E-state index contributed by atoms with van der Waals surface area (Å²) in [5.74, 6) is 0.539. The highest BCUT2D eigenvalue weighted by Gasteiger charge is 2.06. The van der Waals surface area contributed by atoms with Crippen molar-refractivity contribution in [3.63, 3.8) is 0 Å². The number of rotatable bonds is 2. The zero-order valence-corrected chi connectivity index (χ0v) is 9.85. The largest absolute Gasteiger partial charge is 0.252 e. The lowest BCUT2D eigenvalue weighted by Crippen LogP contribution is -1.92. The van der Waals surface area contributed by atoms with E-state index in [4.69, 9.17) is 0 Å². The second-order valence-electron chi connectivity index (χ2n) is 3.90. The van der Waals surface area contributed by atoms with Crippen LogP contribution in [-0.4, -0.2) is 25.2 Å². The highest BCUT2D eigenvalue weighted by Crippen LogP contribution is 2.19. The van der Waals surface area contributed by atoms with Crippen molar-refractivity contribution < 1.29 is 0 Å². The summed E-state index contributed by atoms with van der Waals surface area (Å²) in [5.41, 5.74) is 2.94. The van der Waals surface area contributed by atoms with Gasteiger partial charge in [-0.1, -0.05) is 36.4 Å². The van der Waals surface area contributed by atoms with Gasteiger partial charge in [0.25, 0.3) is 0 Å². The quantitative estimate of drug-likeness (QED) is 0.683. The van der Waals surface area contributed by atoms with Gasteiger partial charge in [0, 0.05) is 11.8 Å². The van der Waals surface area contributed by atoms with E-state index in [1.54, 1.807) is 7.05 Å². The molecular weight excluding hydrogens is 226 g/mol. The summed E-state index contributed by atoms with van der Waals surface area (Å²) in [6, 6.07) is 14.0. The molecule has 18 heavy (non-hydrogen) atoms. The van der Waals surface area contributed by atoms with Crippen molar-refractivity contribution >= 4 is 0 Å². The SMILES string of the molecule is Cn1nnc(-c2ccc(-c3ccccc3)cn2)n1. The normalized spacial score (nSPS) is 10.5. The summed E-state index contributed by atoms with van der Waals surface area (Å²) in [6.07, 6.45) is 1.82. The van der Waals surface area contributed by atoms with Crippen LogP contribution in [0.3, 0.4) is 0 Å². The molecular formula is C13H11N5. The molecule has 0 bridgehead atoms. The van der Waals surface area contributed by atoms with Crippen LogP contribution in [0.2, 0.25) is 0 Å². The van der Waals surface area contributed by atoms with E-state index in [1.165, 1.54) is 4.80 Å². The number of pyridine rings is 1. The first kappa shape index (κ1) is 10.6. The average Bonchev–Trinajstić information content (AvgIpc) is 2.87. The molecule has 0 radical (unpaired) electrons. The second-order valence-corrected chi connectivity index (χ2v) is 3.90. The lowest BCUT2D eigenvalue weighted by molar-refractivity contribution is 0.630. The molecule has 5 heteroatoms. The van der Waals surface area contributed by atoms with Crippen molar-refractivity contribution in [2.24, 2.45) is 7.05 Å². The van der Waals surface area contributed by atoms with Crippen LogP contribution < -0.4 is 0 Å². The van der Waals surface area contributed by atoms with Crippen molar-refractivity contribution in [2.75, 3.05) is 0 Å². The van der Waals surface area contributed by atoms with E-state index >= 15 is 0 Å². The van der Waals surface area contributed by atoms with E-state index in [0.717, 1.165) is 16.8 Å². The van der Waals surface area contributed by atoms with E-state index in [-0.39, 0.29) is 0 Å². The third-order valence-corrected chi connectivity index (χ3v) is 2.61. The summed E-state index contributed by atoms with van der Waals surface area (Å²) < 4.78 is 0. The molecule has 0 N–H and O–H groups in total. The first-order valence-electron chi connectivity index (χ1n) is 5.59. The minimum absolute atomic E-state index is 0.539. The maximum Gasteiger partial charge on any atom is 0.223 e. The standard InChI is InChI=1S/C13H11N5/c1-18-16-13(15-17-18)12-8-7-11(9-14-12)10-5-3-2-4-6-10/h2-9H,1H3. The zero-order valence-electron chi connectivity index (χ0n) is 9.85. The Bertz CT molecular complexity index is 643. The number of tetrazole rings is 1. The number of nitrogens with zero attached hydrogens (tertiary/aromatic N) is 5. The Labute approximate surface area is 104 Å². The molecule has 2 aromatic heterocycles. The monoisotopic (exact) mass is 237 g/mol. The lowest BCUT2D eigenvalue weighted by Gasteiger charge is -2.01. The van der Waals surface area contributed by atoms with Gasteiger partial charge in [-0.2, -0.15) is 4.80 Å². The lowest BCUT2D eigenvalue weighted by atomic mass is 10.1. The molecule has 0 amide bonds. The minimum atomic E-state index is 0.539. The molecule has 3 aromatic rings. The van der Waals surface area contributed by atoms with Crippen LogP contribution >= 0.6 is 0 Å². The van der Waals surface area contributed by atoms with E-state index in [1.807, 2.05) is 36.5 Å². The Kier molecular flexibility index (Phi) is 2.57. The van der Waals surface area contributed by atoms with Gasteiger partial charge in [-0.15, -0.1) is 10.2 Å². The molecule has 0 saturated carbocycles. The predicted molar refractivity (Wildman–Crippen MR) is 67.5 cm³/mol. The number of aromatic nitrogens is 5. The fraction of sp³-hybridized carbons (Fsp3) is 0.0769. The number of aryl methyl sites for hydroxylation is 1. The fourth-order valence-electron chi connectivity index (χ4n) is 1.71. The summed E-state index contributed by atoms with van der Waals surface area (Å²) in [7, 11) is 1.73. The highest BCUT2D eigenvalue weighted by molar-refractivity contribution is 5.64. The van der Waals surface area contributed by atoms with Crippen LogP contribution in [0.15, 0.2) is 48.7 Å². The van der Waals surface area contributed by atoms with E-state index in [9.17, 15) is 0 Å². The molecule has 0 aliphatic heterocycles. The van der Waals surface area contributed by atoms with Crippen LogP contribution in [0, 0.1) is 0 Å². The molecule has 1 aromatic carbocycles. The van der Waals surface area contributed by atoms with Crippen molar-refractivity contribution in [3.05, 3.63) is 48.7 Å². The molecule has 5 nitrogen and oxygen atoms in total. The first-order valence-corrected chi connectivity index (χ1v) is 5.59. The maximum absolute atomic E-state index is 4.36. The van der Waals surface area contributed by atoms with Gasteiger partial charge < -0.3 is 0 Å². The van der Waals surface area contributed by atoms with Gasteiger partial charge in [0.05, 0.1) is 7.05 Å². The Hall–Kier alpha value is -2.56. The fourth-order valence-corrected chi connectivity index (χ4v) is 1.71. The first-order chi connectivity index (χ1) is 8.83. The Morgan fingerprint density at radius 3 is 2.39 bits per heavy atom. The molecule has 0 atom stereocenters. The Morgan fingerprint density at radius 2 is 1.78 bits per heavy atom. The number of hydrogen-bond donors (Lipinski definition) is 0. The third-order valence-electron chi connectivity index (χ3n) is 2.61. The van der Waals surface area contributed by atoms with Crippen molar-refractivity contribution in [3.8, 4) is 22.6 Å². The predicted octanol–water partition coefficient (Wildman–Crippen LogP) is 1.94. The maximum atomic E-state index is 4.36. The minimum Gasteiger partial charge on any atom is -0.252 e. The zero-order chi connectivity index (χ0) is 12.4. The molecule has 3 rings (SSSR count). The number of benzene rings is 1. The summed E-state index contributed by atoms with van der Waals surface area (Å²) in [5, 5.41) is 11.8. The van der Waals surface area contributed by atoms with Gasteiger partial charge in [0.2, 0.25) is 5.82 Å². The van der Waals surface area contributed by atoms with Gasteiger partial charge >= 0.3 is 0 Å². The van der Waals surface area contributed by atoms with Gasteiger partial charge in [-0.25, -0.2) is 0 Å². The molecule has 0 aliphatic rings. The van der Waals surface area contributed by atoms with Gasteiger partial charge in [0.1, 0.15) is 5.69 Å². The smallest absolute Gasteiger partial charge is 0.223 e. The Morgan fingerprint density at radius 1 is 0.944 bits per heavy atom. The van der Waals surface area contributed by atoms with Crippen LogP contribution in [0.5, 0.6) is 0 Å². The van der Waals surface area contributed by atoms with Gasteiger partial charge in [-0.05, 0) is 16.8 Å². The van der Waals surface area contributed by atoms with Gasteiger partial charge in [0.15, 0.2) is 0 Å². The highest BCUT2D eigenvalue weighted by atomic mass is 15.6. The van der Waals surface area contributed by atoms with E-state index in [0.29, 0.717) is 5.82 Å². The summed E-state index contributed by atoms with van der Waals surface area (Å²) >= 11 is 0. The number of hydrogen-bond acceptors (Lipinski definition) is 4. The molecule has 0 spiro atoms. The van der Waals surface area contributed by atoms with E-state index in [2.05, 4.69) is 32.5 Å². The average molecular weight is 237 g/mol. The Balaban J connectivity index is 1.94. The molecule has 88 valence electrons. The van der Waals surface area contributed by atoms with Crippen molar-refractivity contribution in [1.82, 2.24) is 25.2 Å². The van der Waals surface area contributed by atoms with Crippen LogP contribution in [0.1, 0.15) is 0 Å². The van der Waals surface area contributed by atoms with Crippen LogP contribution in [-0.2, 0) is 7.05 Å². The van der Waals surface area contributed by atoms with Crippen LogP contribution in [0.25, 0.3) is 22.6 Å². The van der Waals surface area contributed by atoms with Gasteiger partial charge in [-0.3, -0.25) is 4.98 Å². The topological polar surface area (TPSA) is 56.5 Å². The van der Waals surface area contributed by atoms with Crippen molar-refractivity contribution in [1.29, 1.82) is 0 Å². The molecule has 2 heterocycles. The third kappa shape index (κ3) is 1.98. The van der Waals surface area contributed by atoms with Crippen molar-refractivity contribution in [2.45, 2.75) is 0 Å². The molecule has 0 saturated heterocycles. The molecule has 0 unspecified atom stereocenters.